The molecule has 0 amide bonds. The van der Waals surface area contributed by atoms with E-state index >= 15 is 0 Å². The Morgan fingerprint density at radius 2 is 2.27 bits per heavy atom. The molecule has 0 spiro atoms. The third kappa shape index (κ3) is 5.09. The van der Waals surface area contributed by atoms with Gasteiger partial charge in [-0.25, -0.2) is 0 Å². The Kier molecular flexibility index (Phi) is 6.36. The number of carbonyl (C=O) groups is 1. The van der Waals surface area contributed by atoms with Gasteiger partial charge in [-0.2, -0.15) is 0 Å². The predicted molar refractivity (Wildman–Crippen MR) is 45.9 cm³/mol. The van der Waals surface area contributed by atoms with Crippen LogP contribution in [0.15, 0.2) is 0 Å². The van der Waals surface area contributed by atoms with Gasteiger partial charge in [0.25, 0.3) is 0 Å². The van der Waals surface area contributed by atoms with Crippen molar-refractivity contribution in [3.8, 4) is 0 Å². The monoisotopic (exact) mass is 178 g/mol. The summed E-state index contributed by atoms with van der Waals surface area (Å²) >= 11 is 1.30. The lowest BCUT2D eigenvalue weighted by Crippen LogP contribution is -2.16. The Labute approximate surface area is 70.8 Å². The van der Waals surface area contributed by atoms with E-state index in [1.54, 1.807) is 0 Å². The van der Waals surface area contributed by atoms with Crippen molar-refractivity contribution in [3.63, 3.8) is 0 Å². The minimum atomic E-state index is -0.773. The van der Waals surface area contributed by atoms with Crippen LogP contribution in [0, 0.1) is 0 Å². The molecule has 0 aromatic heterocycles. The van der Waals surface area contributed by atoms with Gasteiger partial charge >= 0.3 is 5.97 Å². The zero-order valence-corrected chi connectivity index (χ0v) is 7.43. The average molecular weight is 178 g/mol. The molecule has 11 heavy (non-hydrogen) atoms. The maximum atomic E-state index is 10.5. The van der Waals surface area contributed by atoms with Crippen LogP contribution in [-0.2, 0) is 4.79 Å². The van der Waals surface area contributed by atoms with Crippen molar-refractivity contribution in [1.82, 2.24) is 0 Å². The smallest absolute Gasteiger partial charge is 0.316 e. The maximum absolute atomic E-state index is 10.5. The summed E-state index contributed by atoms with van der Waals surface area (Å²) < 4.78 is 0. The number of rotatable bonds is 6. The van der Waals surface area contributed by atoms with Crippen LogP contribution < -0.4 is 0 Å². The van der Waals surface area contributed by atoms with Crippen molar-refractivity contribution in [2.75, 3.05) is 12.4 Å². The van der Waals surface area contributed by atoms with E-state index in [1.165, 1.54) is 11.8 Å². The number of aliphatic hydroxyl groups is 1. The fraction of sp³-hybridized carbons (Fsp3) is 0.857. The highest BCUT2D eigenvalue weighted by atomic mass is 32.2. The van der Waals surface area contributed by atoms with Crippen LogP contribution >= 0.6 is 11.8 Å². The minimum absolute atomic E-state index is 0.0537. The third-order valence-corrected chi connectivity index (χ3v) is 2.49. The minimum Gasteiger partial charge on any atom is -0.480 e. The van der Waals surface area contributed by atoms with Crippen LogP contribution in [0.4, 0.5) is 0 Å². The molecular formula is C7H14O3S. The van der Waals surface area contributed by atoms with Gasteiger partial charge < -0.3 is 10.2 Å². The van der Waals surface area contributed by atoms with Crippen molar-refractivity contribution in [3.05, 3.63) is 0 Å². The van der Waals surface area contributed by atoms with Crippen LogP contribution in [0.25, 0.3) is 0 Å². The van der Waals surface area contributed by atoms with Gasteiger partial charge in [-0.05, 0) is 6.42 Å². The Morgan fingerprint density at radius 1 is 1.64 bits per heavy atom. The molecule has 2 N–H and O–H groups in total. The second kappa shape index (κ2) is 6.49. The van der Waals surface area contributed by atoms with Crippen LogP contribution in [0.2, 0.25) is 0 Å². The molecule has 0 heterocycles. The number of hydrogen-bond acceptors (Lipinski definition) is 3. The molecule has 0 rings (SSSR count). The van der Waals surface area contributed by atoms with Crippen molar-refractivity contribution in [2.24, 2.45) is 0 Å². The molecule has 0 aromatic carbocycles. The number of aliphatic hydroxyl groups excluding tert-OH is 1. The molecule has 66 valence electrons. The van der Waals surface area contributed by atoms with Gasteiger partial charge in [0.2, 0.25) is 0 Å². The van der Waals surface area contributed by atoms with Gasteiger partial charge in [0.1, 0.15) is 5.25 Å². The first kappa shape index (κ1) is 10.8. The first-order valence-corrected chi connectivity index (χ1v) is 4.72. The number of aliphatic carboxylic acids is 1. The first-order chi connectivity index (χ1) is 5.22. The predicted octanol–water partition coefficient (Wildman–Crippen LogP) is 0.965. The van der Waals surface area contributed by atoms with Crippen LogP contribution in [0.3, 0.4) is 0 Å². The molecule has 0 aliphatic rings. The molecule has 0 aromatic rings. The van der Waals surface area contributed by atoms with Gasteiger partial charge in [0, 0.05) is 5.75 Å². The summed E-state index contributed by atoms with van der Waals surface area (Å²) in [6.07, 6.45) is 1.55. The fourth-order valence-corrected chi connectivity index (χ4v) is 1.67. The lowest BCUT2D eigenvalue weighted by atomic mass is 10.2. The van der Waals surface area contributed by atoms with Crippen LogP contribution in [0.1, 0.15) is 19.8 Å². The highest BCUT2D eigenvalue weighted by Gasteiger charge is 2.15. The van der Waals surface area contributed by atoms with Gasteiger partial charge in [-0.3, -0.25) is 4.79 Å². The average Bonchev–Trinajstić information content (AvgIpc) is 1.97. The van der Waals surface area contributed by atoms with Gasteiger partial charge in [-0.1, -0.05) is 13.3 Å². The number of carboxylic acid groups (broad SMARTS) is 1. The van der Waals surface area contributed by atoms with Crippen molar-refractivity contribution < 1.29 is 15.0 Å². The Morgan fingerprint density at radius 3 is 2.64 bits per heavy atom. The molecule has 0 saturated carbocycles. The summed E-state index contributed by atoms with van der Waals surface area (Å²) in [6.45, 7) is 2.01. The summed E-state index contributed by atoms with van der Waals surface area (Å²) in [5.74, 6) is -0.262. The summed E-state index contributed by atoms with van der Waals surface area (Å²) in [5.41, 5.74) is 0. The molecule has 3 nitrogen and oxygen atoms in total. The Balaban J connectivity index is 3.60. The molecule has 0 fully saturated rings. The van der Waals surface area contributed by atoms with Crippen molar-refractivity contribution in [2.45, 2.75) is 25.0 Å². The molecule has 0 radical (unpaired) electrons. The zero-order chi connectivity index (χ0) is 8.69. The van der Waals surface area contributed by atoms with E-state index in [0.29, 0.717) is 12.2 Å². The first-order valence-electron chi connectivity index (χ1n) is 3.67. The van der Waals surface area contributed by atoms with Gasteiger partial charge in [-0.15, -0.1) is 11.8 Å². The second-order valence-corrected chi connectivity index (χ2v) is 3.52. The number of thioether (sulfide) groups is 1. The standard InChI is InChI=1S/C7H14O3S/c1-2-3-6(7(9)10)11-5-4-8/h6,8H,2-5H2,1H3,(H,9,10). The highest BCUT2D eigenvalue weighted by molar-refractivity contribution is 8.00. The van der Waals surface area contributed by atoms with Gasteiger partial charge in [0.05, 0.1) is 6.61 Å². The largest absolute Gasteiger partial charge is 0.480 e. The summed E-state index contributed by atoms with van der Waals surface area (Å²) in [4.78, 5) is 10.5. The van der Waals surface area contributed by atoms with E-state index in [-0.39, 0.29) is 11.9 Å². The molecular weight excluding hydrogens is 164 g/mol. The number of carboxylic acids is 1. The highest BCUT2D eigenvalue weighted by Crippen LogP contribution is 2.15. The molecule has 0 aliphatic heterocycles. The zero-order valence-electron chi connectivity index (χ0n) is 6.62. The van der Waals surface area contributed by atoms with Crippen LogP contribution in [0.5, 0.6) is 0 Å². The molecule has 1 atom stereocenters. The van der Waals surface area contributed by atoms with E-state index in [4.69, 9.17) is 10.2 Å². The van der Waals surface area contributed by atoms with Gasteiger partial charge in [0.15, 0.2) is 0 Å². The second-order valence-electron chi connectivity index (χ2n) is 2.21. The Hall–Kier alpha value is -0.220. The van der Waals surface area contributed by atoms with E-state index in [9.17, 15) is 4.79 Å². The van der Waals surface area contributed by atoms with Crippen molar-refractivity contribution >= 4 is 17.7 Å². The van der Waals surface area contributed by atoms with E-state index in [1.807, 2.05) is 6.92 Å². The molecule has 1 unspecified atom stereocenters. The van der Waals surface area contributed by atoms with Crippen LogP contribution in [-0.4, -0.2) is 33.8 Å². The molecule has 0 saturated heterocycles. The van der Waals surface area contributed by atoms with E-state index in [2.05, 4.69) is 0 Å². The third-order valence-electron chi connectivity index (χ3n) is 1.24. The SMILES string of the molecule is CCCC(SCCO)C(=O)O. The van der Waals surface area contributed by atoms with Crippen molar-refractivity contribution in [1.29, 1.82) is 0 Å². The quantitative estimate of drug-likeness (QED) is 0.636. The Bertz CT molecular complexity index is 116. The lowest BCUT2D eigenvalue weighted by molar-refractivity contribution is -0.136. The topological polar surface area (TPSA) is 57.5 Å². The summed E-state index contributed by atoms with van der Waals surface area (Å²) in [5, 5.41) is 16.7. The molecule has 4 heteroatoms. The van der Waals surface area contributed by atoms with E-state index < -0.39 is 5.97 Å². The number of hydrogen-bond donors (Lipinski definition) is 2. The fourth-order valence-electron chi connectivity index (χ4n) is 0.735. The lowest BCUT2D eigenvalue weighted by Gasteiger charge is -2.08. The normalized spacial score (nSPS) is 12.9. The summed E-state index contributed by atoms with van der Waals surface area (Å²) in [6, 6.07) is 0. The van der Waals surface area contributed by atoms with E-state index in [0.717, 1.165) is 6.42 Å². The maximum Gasteiger partial charge on any atom is 0.316 e. The molecule has 0 bridgehead atoms. The summed E-state index contributed by atoms with van der Waals surface area (Å²) in [7, 11) is 0. The molecule has 0 aliphatic carbocycles.